The number of imidazole rings is 1. The van der Waals surface area contributed by atoms with Crippen LogP contribution in [0, 0.1) is 0 Å². The van der Waals surface area contributed by atoms with E-state index in [1.165, 1.54) is 15.8 Å². The molecular formula is C26H22ClN7O2. The Morgan fingerprint density at radius 1 is 1.06 bits per heavy atom. The molecule has 0 bridgehead atoms. The number of carbonyl (C=O) groups excluding carboxylic acids is 2. The number of hydrogen-bond donors (Lipinski definition) is 1. The molecule has 0 atom stereocenters. The van der Waals surface area contributed by atoms with E-state index in [1.54, 1.807) is 36.3 Å². The minimum Gasteiger partial charge on any atom is -0.315 e. The van der Waals surface area contributed by atoms with Gasteiger partial charge in [0.25, 0.3) is 5.91 Å². The van der Waals surface area contributed by atoms with Gasteiger partial charge < -0.3 is 14.8 Å². The summed E-state index contributed by atoms with van der Waals surface area (Å²) in [6.07, 6.45) is 3.15. The Bertz CT molecular complexity index is 1450. The molecular weight excluding hydrogens is 478 g/mol. The molecule has 0 spiro atoms. The van der Waals surface area contributed by atoms with Crippen LogP contribution in [0.4, 0.5) is 11.6 Å². The van der Waals surface area contributed by atoms with Gasteiger partial charge in [-0.25, -0.2) is 9.97 Å². The van der Waals surface area contributed by atoms with Gasteiger partial charge >= 0.3 is 0 Å². The van der Waals surface area contributed by atoms with Crippen molar-refractivity contribution in [3.05, 3.63) is 102 Å². The minimum absolute atomic E-state index is 0.112. The molecule has 1 aromatic carbocycles. The monoisotopic (exact) mass is 499 g/mol. The molecule has 5 rings (SSSR count). The molecule has 0 saturated carbocycles. The van der Waals surface area contributed by atoms with Crippen molar-refractivity contribution in [3.63, 3.8) is 0 Å². The molecule has 0 radical (unpaired) electrons. The van der Waals surface area contributed by atoms with E-state index in [-0.39, 0.29) is 24.9 Å². The van der Waals surface area contributed by atoms with E-state index >= 15 is 0 Å². The van der Waals surface area contributed by atoms with Gasteiger partial charge in [-0.3, -0.25) is 19.5 Å². The maximum absolute atomic E-state index is 13.4. The summed E-state index contributed by atoms with van der Waals surface area (Å²) in [6.45, 7) is 4.18. The molecule has 10 heteroatoms. The van der Waals surface area contributed by atoms with Crippen molar-refractivity contribution in [3.8, 4) is 11.3 Å². The summed E-state index contributed by atoms with van der Waals surface area (Å²) < 4.78 is 1.53. The standard InChI is InChI=1S/C26H22ClN7O2/c1-17-32(2)25-24(26(36)34(17)14-20-6-3-4-13-28-20)33(16-29-25)15-23(35)31-22-8-5-7-21(30-22)18-9-11-19(27)12-10-18/h3-13,16H,1,14-15H2,2H3,(H,30,31,35). The molecule has 9 nitrogen and oxygen atoms in total. The zero-order valence-electron chi connectivity index (χ0n) is 19.4. The van der Waals surface area contributed by atoms with E-state index in [0.717, 1.165) is 11.3 Å². The normalized spacial score (nSPS) is 13.1. The van der Waals surface area contributed by atoms with Gasteiger partial charge in [-0.2, -0.15) is 0 Å². The molecule has 0 saturated heterocycles. The van der Waals surface area contributed by atoms with Gasteiger partial charge in [0, 0.05) is 23.8 Å². The summed E-state index contributed by atoms with van der Waals surface area (Å²) in [5.74, 6) is 0.683. The topological polar surface area (TPSA) is 96.2 Å². The van der Waals surface area contributed by atoms with Gasteiger partial charge in [-0.1, -0.05) is 42.4 Å². The van der Waals surface area contributed by atoms with Crippen LogP contribution >= 0.6 is 11.6 Å². The fourth-order valence-electron chi connectivity index (χ4n) is 3.94. The van der Waals surface area contributed by atoms with Crippen LogP contribution in [0.3, 0.4) is 0 Å². The Morgan fingerprint density at radius 3 is 2.61 bits per heavy atom. The average Bonchev–Trinajstić information content (AvgIpc) is 3.30. The maximum Gasteiger partial charge on any atom is 0.280 e. The van der Waals surface area contributed by atoms with Crippen molar-refractivity contribution in [2.45, 2.75) is 13.1 Å². The smallest absolute Gasteiger partial charge is 0.280 e. The van der Waals surface area contributed by atoms with E-state index < -0.39 is 0 Å². The zero-order chi connectivity index (χ0) is 25.2. The molecule has 1 aliphatic heterocycles. The molecule has 2 amide bonds. The number of benzene rings is 1. The van der Waals surface area contributed by atoms with Crippen molar-refractivity contribution in [1.29, 1.82) is 0 Å². The number of amides is 2. The molecule has 4 aromatic rings. The Morgan fingerprint density at radius 2 is 1.86 bits per heavy atom. The molecule has 1 N–H and O–H groups in total. The first-order valence-electron chi connectivity index (χ1n) is 11.1. The number of hydrogen-bond acceptors (Lipinski definition) is 6. The number of aromatic nitrogens is 4. The van der Waals surface area contributed by atoms with Gasteiger partial charge in [0.05, 0.1) is 24.3 Å². The molecule has 36 heavy (non-hydrogen) atoms. The SMILES string of the molecule is C=C1N(Cc2ccccn2)C(=O)c2c(ncn2CC(=O)Nc2cccc(-c3ccc(Cl)cc3)n2)N1C. The Balaban J connectivity index is 1.34. The second-order valence-corrected chi connectivity index (χ2v) is 8.63. The fraction of sp³-hybridized carbons (Fsp3) is 0.115. The van der Waals surface area contributed by atoms with E-state index in [4.69, 9.17) is 11.6 Å². The number of halogens is 1. The lowest BCUT2D eigenvalue weighted by molar-refractivity contribution is -0.116. The molecule has 1 aliphatic rings. The van der Waals surface area contributed by atoms with Crippen LogP contribution in [-0.2, 0) is 17.9 Å². The molecule has 4 heterocycles. The predicted molar refractivity (Wildman–Crippen MR) is 137 cm³/mol. The quantitative estimate of drug-likeness (QED) is 0.427. The zero-order valence-corrected chi connectivity index (χ0v) is 20.2. The molecule has 0 aliphatic carbocycles. The highest BCUT2D eigenvalue weighted by atomic mass is 35.5. The third-order valence-corrected chi connectivity index (χ3v) is 6.05. The van der Waals surface area contributed by atoms with Gasteiger partial charge in [-0.05, 0) is 36.4 Å². The maximum atomic E-state index is 13.4. The average molecular weight is 500 g/mol. The van der Waals surface area contributed by atoms with Crippen molar-refractivity contribution in [2.75, 3.05) is 17.3 Å². The molecule has 3 aromatic heterocycles. The lowest BCUT2D eigenvalue weighted by atomic mass is 10.1. The number of nitrogens with one attached hydrogen (secondary N) is 1. The Kier molecular flexibility index (Phi) is 6.22. The number of pyridine rings is 2. The first-order valence-corrected chi connectivity index (χ1v) is 11.5. The lowest BCUT2D eigenvalue weighted by Crippen LogP contribution is -2.43. The van der Waals surface area contributed by atoms with Crippen molar-refractivity contribution in [1.82, 2.24) is 24.4 Å². The highest BCUT2D eigenvalue weighted by Gasteiger charge is 2.35. The fourth-order valence-corrected chi connectivity index (χ4v) is 4.07. The van der Waals surface area contributed by atoms with Crippen molar-refractivity contribution in [2.24, 2.45) is 0 Å². The van der Waals surface area contributed by atoms with E-state index in [0.29, 0.717) is 33.9 Å². The van der Waals surface area contributed by atoms with Crippen LogP contribution < -0.4 is 10.2 Å². The van der Waals surface area contributed by atoms with Gasteiger partial charge in [0.2, 0.25) is 5.91 Å². The molecule has 0 fully saturated rings. The van der Waals surface area contributed by atoms with Crippen LogP contribution in [-0.4, -0.2) is 43.3 Å². The number of fused-ring (bicyclic) bond motifs is 1. The van der Waals surface area contributed by atoms with Gasteiger partial charge in [0.15, 0.2) is 11.5 Å². The van der Waals surface area contributed by atoms with Crippen LogP contribution in [0.1, 0.15) is 16.2 Å². The third kappa shape index (κ3) is 4.56. The second kappa shape index (κ2) is 9.63. The van der Waals surface area contributed by atoms with E-state index in [1.807, 2.05) is 42.5 Å². The summed E-state index contributed by atoms with van der Waals surface area (Å²) in [6, 6.07) is 18.2. The van der Waals surface area contributed by atoms with Gasteiger partial charge in [-0.15, -0.1) is 0 Å². The summed E-state index contributed by atoms with van der Waals surface area (Å²) >= 11 is 5.97. The minimum atomic E-state index is -0.341. The van der Waals surface area contributed by atoms with E-state index in [2.05, 4.69) is 26.8 Å². The lowest BCUT2D eigenvalue weighted by Gasteiger charge is -2.35. The number of nitrogens with zero attached hydrogens (tertiary/aromatic N) is 6. The Hall–Kier alpha value is -4.50. The number of carbonyl (C=O) groups is 2. The van der Waals surface area contributed by atoms with Crippen molar-refractivity contribution >= 4 is 35.1 Å². The van der Waals surface area contributed by atoms with Crippen LogP contribution in [0.25, 0.3) is 11.3 Å². The largest absolute Gasteiger partial charge is 0.315 e. The molecule has 0 unspecified atom stereocenters. The van der Waals surface area contributed by atoms with Crippen molar-refractivity contribution < 1.29 is 9.59 Å². The van der Waals surface area contributed by atoms with Crippen LogP contribution in [0.2, 0.25) is 5.02 Å². The summed E-state index contributed by atoms with van der Waals surface area (Å²) in [7, 11) is 1.78. The predicted octanol–water partition coefficient (Wildman–Crippen LogP) is 4.20. The van der Waals surface area contributed by atoms with E-state index in [9.17, 15) is 9.59 Å². The number of rotatable bonds is 6. The Labute approximate surface area is 212 Å². The summed E-state index contributed by atoms with van der Waals surface area (Å²) in [4.78, 5) is 42.8. The highest BCUT2D eigenvalue weighted by molar-refractivity contribution is 6.30. The summed E-state index contributed by atoms with van der Waals surface area (Å²) in [5, 5.41) is 3.44. The highest BCUT2D eigenvalue weighted by Crippen LogP contribution is 2.31. The molecule has 180 valence electrons. The summed E-state index contributed by atoms with van der Waals surface area (Å²) in [5.41, 5.74) is 2.60. The third-order valence-electron chi connectivity index (χ3n) is 5.80. The van der Waals surface area contributed by atoms with Gasteiger partial charge in [0.1, 0.15) is 18.2 Å². The van der Waals surface area contributed by atoms with Crippen LogP contribution in [0.5, 0.6) is 0 Å². The second-order valence-electron chi connectivity index (χ2n) is 8.20. The van der Waals surface area contributed by atoms with Crippen LogP contribution in [0.15, 0.2) is 85.6 Å². The first-order chi connectivity index (χ1) is 17.4. The number of anilines is 2. The first kappa shape index (κ1) is 23.3.